The number of aromatic amines is 1. The summed E-state index contributed by atoms with van der Waals surface area (Å²) in [5.74, 6) is 0. The number of nitrogens with zero attached hydrogens (tertiary/aromatic N) is 2. The van der Waals surface area contributed by atoms with E-state index in [9.17, 15) is 4.79 Å². The third-order valence-electron chi connectivity index (χ3n) is 5.12. The third kappa shape index (κ3) is 4.55. The largest absolute Gasteiger partial charge is 0.387 e. The lowest BCUT2D eigenvalue weighted by Gasteiger charge is -2.29. The van der Waals surface area contributed by atoms with Gasteiger partial charge in [-0.2, -0.15) is 0 Å². The molecule has 0 atom stereocenters. The zero-order chi connectivity index (χ0) is 20.1. The highest BCUT2D eigenvalue weighted by atomic mass is 16.1. The molecule has 1 aromatic carbocycles. The van der Waals surface area contributed by atoms with Gasteiger partial charge in [-0.05, 0) is 35.9 Å². The second-order valence-corrected chi connectivity index (χ2v) is 7.05. The molecule has 1 saturated heterocycles. The van der Waals surface area contributed by atoms with Crippen LogP contribution in [0.5, 0.6) is 0 Å². The topological polar surface area (TPSA) is 73.0 Å². The number of hydrogen-bond acceptors (Lipinski definition) is 5. The summed E-state index contributed by atoms with van der Waals surface area (Å²) in [5.41, 5.74) is 5.60. The number of H-pyrrole nitrogens is 1. The van der Waals surface area contributed by atoms with E-state index in [1.165, 1.54) is 5.69 Å². The van der Waals surface area contributed by atoms with E-state index >= 15 is 0 Å². The Balaban J connectivity index is 1.54. The van der Waals surface area contributed by atoms with E-state index in [2.05, 4.69) is 49.8 Å². The number of benzene rings is 1. The molecule has 3 heterocycles. The Morgan fingerprint density at radius 3 is 2.59 bits per heavy atom. The fraction of sp³-hybridized carbons (Fsp3) is 0.217. The minimum absolute atomic E-state index is 0.111. The van der Waals surface area contributed by atoms with Crippen LogP contribution in [0.25, 0.3) is 23.3 Å². The van der Waals surface area contributed by atoms with E-state index in [0.29, 0.717) is 5.56 Å². The summed E-state index contributed by atoms with van der Waals surface area (Å²) in [6, 6.07) is 12.4. The van der Waals surface area contributed by atoms with Gasteiger partial charge in [-0.15, -0.1) is 0 Å². The molecule has 6 nitrogen and oxygen atoms in total. The van der Waals surface area contributed by atoms with Crippen molar-refractivity contribution in [3.63, 3.8) is 0 Å². The molecule has 6 heteroatoms. The van der Waals surface area contributed by atoms with E-state index in [0.717, 1.165) is 48.6 Å². The molecule has 2 aromatic heterocycles. The lowest BCUT2D eigenvalue weighted by Crippen LogP contribution is -2.43. The van der Waals surface area contributed by atoms with Gasteiger partial charge in [0.1, 0.15) is 0 Å². The average Bonchev–Trinajstić information content (AvgIpc) is 2.79. The van der Waals surface area contributed by atoms with Crippen LogP contribution in [-0.4, -0.2) is 43.2 Å². The standard InChI is InChI=1S/C23H25N5O/c1-24-21-13-20(14-26-16-21)19-12-18(23(29)27-15-19)5-2-17-3-6-22(7-4-17)28-10-8-25-9-11-28/h2-7,12-16,24-25H,8-11H2,1H3,(H,27,29). The van der Waals surface area contributed by atoms with Crippen LogP contribution < -0.4 is 21.1 Å². The molecule has 0 amide bonds. The van der Waals surface area contributed by atoms with E-state index in [4.69, 9.17) is 0 Å². The molecule has 1 fully saturated rings. The van der Waals surface area contributed by atoms with Crippen LogP contribution in [0.1, 0.15) is 11.1 Å². The average molecular weight is 387 g/mol. The zero-order valence-corrected chi connectivity index (χ0v) is 16.5. The molecule has 3 N–H and O–H groups in total. The second kappa shape index (κ2) is 8.75. The Morgan fingerprint density at radius 2 is 1.83 bits per heavy atom. The summed E-state index contributed by atoms with van der Waals surface area (Å²) in [6.07, 6.45) is 9.10. The van der Waals surface area contributed by atoms with Gasteiger partial charge in [-0.1, -0.05) is 18.2 Å². The normalized spacial score (nSPS) is 14.3. The van der Waals surface area contributed by atoms with Gasteiger partial charge in [0.25, 0.3) is 5.56 Å². The molecular weight excluding hydrogens is 362 g/mol. The molecule has 0 radical (unpaired) electrons. The molecule has 3 aromatic rings. The Kier molecular flexibility index (Phi) is 5.72. The molecule has 29 heavy (non-hydrogen) atoms. The smallest absolute Gasteiger partial charge is 0.255 e. The van der Waals surface area contributed by atoms with E-state index in [1.807, 2.05) is 31.3 Å². The van der Waals surface area contributed by atoms with Crippen molar-refractivity contribution in [3.05, 3.63) is 76.5 Å². The summed E-state index contributed by atoms with van der Waals surface area (Å²) in [7, 11) is 1.86. The number of hydrogen-bond donors (Lipinski definition) is 3. The van der Waals surface area contributed by atoms with Crippen molar-refractivity contribution in [2.24, 2.45) is 0 Å². The number of pyridine rings is 2. The van der Waals surface area contributed by atoms with Crippen LogP contribution >= 0.6 is 0 Å². The fourth-order valence-electron chi connectivity index (χ4n) is 3.43. The first-order valence-electron chi connectivity index (χ1n) is 9.83. The van der Waals surface area contributed by atoms with E-state index < -0.39 is 0 Å². The van der Waals surface area contributed by atoms with Crippen molar-refractivity contribution >= 4 is 23.5 Å². The van der Waals surface area contributed by atoms with Crippen molar-refractivity contribution in [2.75, 3.05) is 43.4 Å². The molecule has 0 bridgehead atoms. The monoisotopic (exact) mass is 387 g/mol. The highest BCUT2D eigenvalue weighted by Gasteiger charge is 2.09. The van der Waals surface area contributed by atoms with E-state index in [-0.39, 0.29) is 5.56 Å². The van der Waals surface area contributed by atoms with Crippen LogP contribution in [0.3, 0.4) is 0 Å². The van der Waals surface area contributed by atoms with Gasteiger partial charge >= 0.3 is 0 Å². The molecule has 0 spiro atoms. The highest BCUT2D eigenvalue weighted by molar-refractivity contribution is 5.74. The first-order valence-corrected chi connectivity index (χ1v) is 9.83. The predicted molar refractivity (Wildman–Crippen MR) is 120 cm³/mol. The van der Waals surface area contributed by atoms with Gasteiger partial charge in [-0.25, -0.2) is 0 Å². The predicted octanol–water partition coefficient (Wildman–Crippen LogP) is 3.06. The third-order valence-corrected chi connectivity index (χ3v) is 5.12. The van der Waals surface area contributed by atoms with Gasteiger partial charge in [0, 0.05) is 74.2 Å². The van der Waals surface area contributed by atoms with Gasteiger partial charge in [0.05, 0.1) is 5.69 Å². The van der Waals surface area contributed by atoms with Gasteiger partial charge in [0.2, 0.25) is 0 Å². The van der Waals surface area contributed by atoms with Crippen molar-refractivity contribution < 1.29 is 0 Å². The summed E-state index contributed by atoms with van der Waals surface area (Å²) >= 11 is 0. The van der Waals surface area contributed by atoms with Crippen LogP contribution in [-0.2, 0) is 0 Å². The Morgan fingerprint density at radius 1 is 1.03 bits per heavy atom. The molecule has 0 aliphatic carbocycles. The maximum absolute atomic E-state index is 12.3. The first-order chi connectivity index (χ1) is 14.2. The molecule has 1 aliphatic rings. The minimum Gasteiger partial charge on any atom is -0.387 e. The van der Waals surface area contributed by atoms with Crippen molar-refractivity contribution in [1.82, 2.24) is 15.3 Å². The van der Waals surface area contributed by atoms with Crippen molar-refractivity contribution in [3.8, 4) is 11.1 Å². The van der Waals surface area contributed by atoms with E-state index in [1.54, 1.807) is 18.6 Å². The van der Waals surface area contributed by atoms with Crippen LogP contribution in [0.15, 0.2) is 59.8 Å². The maximum Gasteiger partial charge on any atom is 0.255 e. The number of rotatable bonds is 5. The van der Waals surface area contributed by atoms with Crippen molar-refractivity contribution in [1.29, 1.82) is 0 Å². The number of nitrogens with one attached hydrogen (secondary N) is 3. The van der Waals surface area contributed by atoms with Crippen molar-refractivity contribution in [2.45, 2.75) is 0 Å². The van der Waals surface area contributed by atoms with Gasteiger partial charge in [-0.3, -0.25) is 9.78 Å². The summed E-state index contributed by atoms with van der Waals surface area (Å²) in [5, 5.41) is 6.45. The summed E-state index contributed by atoms with van der Waals surface area (Å²) < 4.78 is 0. The number of piperazine rings is 1. The Labute approximate surface area is 170 Å². The molecule has 4 rings (SSSR count). The Hall–Kier alpha value is -3.38. The first kappa shape index (κ1) is 19.0. The maximum atomic E-state index is 12.3. The quantitative estimate of drug-likeness (QED) is 0.628. The lowest BCUT2D eigenvalue weighted by molar-refractivity contribution is 0.589. The Bertz CT molecular complexity index is 1050. The molecule has 0 saturated carbocycles. The van der Waals surface area contributed by atoms with Gasteiger partial charge < -0.3 is 20.5 Å². The van der Waals surface area contributed by atoms with Crippen LogP contribution in [0, 0.1) is 0 Å². The molecule has 0 unspecified atom stereocenters. The van der Waals surface area contributed by atoms with Crippen LogP contribution in [0.2, 0.25) is 0 Å². The fourth-order valence-corrected chi connectivity index (χ4v) is 3.43. The zero-order valence-electron chi connectivity index (χ0n) is 16.5. The molecular formula is C23H25N5O. The van der Waals surface area contributed by atoms with Gasteiger partial charge in [0.15, 0.2) is 0 Å². The minimum atomic E-state index is -0.111. The summed E-state index contributed by atoms with van der Waals surface area (Å²) in [4.78, 5) is 21.7. The number of anilines is 2. The molecule has 148 valence electrons. The lowest BCUT2D eigenvalue weighted by atomic mass is 10.1. The highest BCUT2D eigenvalue weighted by Crippen LogP contribution is 2.21. The number of aromatic nitrogens is 2. The second-order valence-electron chi connectivity index (χ2n) is 7.05. The van der Waals surface area contributed by atoms with Crippen LogP contribution in [0.4, 0.5) is 11.4 Å². The summed E-state index contributed by atoms with van der Waals surface area (Å²) in [6.45, 7) is 4.10. The SMILES string of the molecule is CNc1cncc(-c2c[nH]c(=O)c(C=Cc3ccc(N4CCNCC4)cc3)c2)c1. The molecule has 1 aliphatic heterocycles.